The maximum absolute atomic E-state index is 14.5. The number of carboxylic acids is 1. The van der Waals surface area contributed by atoms with Crippen LogP contribution in [0.3, 0.4) is 0 Å². The van der Waals surface area contributed by atoms with Crippen LogP contribution in [0.15, 0.2) is 30.5 Å². The Morgan fingerprint density at radius 1 is 0.915 bits per heavy atom. The van der Waals surface area contributed by atoms with Gasteiger partial charge in [0.1, 0.15) is 29.8 Å². The molecule has 0 bridgehead atoms. The summed E-state index contributed by atoms with van der Waals surface area (Å²) in [5.74, 6) is -3.74. The van der Waals surface area contributed by atoms with Crippen LogP contribution in [0.1, 0.15) is 103 Å². The van der Waals surface area contributed by atoms with Crippen molar-refractivity contribution in [1.82, 2.24) is 30.7 Å². The lowest BCUT2D eigenvalue weighted by Crippen LogP contribution is -2.59. The molecule has 12 N–H and O–H groups in total. The molecule has 18 nitrogen and oxygen atoms in total. The lowest BCUT2D eigenvalue weighted by Gasteiger charge is -2.31. The number of hydrogen-bond donors (Lipinski definition) is 9. The van der Waals surface area contributed by atoms with Gasteiger partial charge in [-0.3, -0.25) is 29.2 Å². The molecule has 2 heterocycles. The fourth-order valence-corrected chi connectivity index (χ4v) is 7.87. The van der Waals surface area contributed by atoms with Crippen molar-refractivity contribution in [1.29, 1.82) is 5.41 Å². The number of carboxylic acid groups (broad SMARTS) is 1. The van der Waals surface area contributed by atoms with Crippen LogP contribution < -0.4 is 38.5 Å². The molecule has 5 atom stereocenters. The molecule has 2 fully saturated rings. The summed E-state index contributed by atoms with van der Waals surface area (Å²) >= 11 is 0. The van der Waals surface area contributed by atoms with Gasteiger partial charge in [0.15, 0.2) is 5.96 Å². The van der Waals surface area contributed by atoms with Gasteiger partial charge in [0.05, 0.1) is 11.6 Å². The minimum atomic E-state index is -1.35. The third kappa shape index (κ3) is 13.7. The van der Waals surface area contributed by atoms with Gasteiger partial charge in [-0.1, -0.05) is 50.3 Å². The van der Waals surface area contributed by atoms with E-state index in [4.69, 9.17) is 27.3 Å². The summed E-state index contributed by atoms with van der Waals surface area (Å²) in [4.78, 5) is 83.2. The van der Waals surface area contributed by atoms with Gasteiger partial charge in [-0.15, -0.1) is 0 Å². The van der Waals surface area contributed by atoms with Crippen LogP contribution in [-0.4, -0.2) is 112 Å². The van der Waals surface area contributed by atoms with Crippen molar-refractivity contribution in [2.75, 3.05) is 19.6 Å². The molecule has 2 aliphatic rings. The Balaban J connectivity index is 1.65. The second-order valence-electron chi connectivity index (χ2n) is 16.7. The normalized spacial score (nSPS) is 18.0. The largest absolute Gasteiger partial charge is 0.480 e. The van der Waals surface area contributed by atoms with E-state index in [0.717, 1.165) is 32.1 Å². The third-order valence-corrected chi connectivity index (χ3v) is 10.8. The molecular formula is C41H64N10O8. The van der Waals surface area contributed by atoms with E-state index in [2.05, 4.69) is 21.3 Å². The fraction of sp³-hybridized carbons (Fsp3) is 0.634. The van der Waals surface area contributed by atoms with Crippen LogP contribution in [0, 0.1) is 11.3 Å². The van der Waals surface area contributed by atoms with Crippen LogP contribution in [0.2, 0.25) is 0 Å². The third-order valence-electron chi connectivity index (χ3n) is 10.8. The summed E-state index contributed by atoms with van der Waals surface area (Å²) < 4.78 is 6.98. The molecule has 0 spiro atoms. The first-order valence-corrected chi connectivity index (χ1v) is 20.8. The van der Waals surface area contributed by atoms with Gasteiger partial charge in [-0.2, -0.15) is 0 Å². The maximum Gasteiger partial charge on any atom is 0.419 e. The summed E-state index contributed by atoms with van der Waals surface area (Å²) in [7, 11) is 0. The number of rotatable bonds is 19. The van der Waals surface area contributed by atoms with Crippen LogP contribution in [0.4, 0.5) is 4.79 Å². The first-order chi connectivity index (χ1) is 28.0. The summed E-state index contributed by atoms with van der Waals surface area (Å²) in [6.45, 7) is 6.15. The number of nitrogens with zero attached hydrogens (tertiary/aromatic N) is 2. The highest BCUT2D eigenvalue weighted by Crippen LogP contribution is 2.29. The fourth-order valence-electron chi connectivity index (χ4n) is 7.87. The zero-order valence-electron chi connectivity index (χ0n) is 34.6. The van der Waals surface area contributed by atoms with Gasteiger partial charge in [-0.05, 0) is 89.8 Å². The van der Waals surface area contributed by atoms with Crippen molar-refractivity contribution in [3.63, 3.8) is 0 Å². The Bertz CT molecular complexity index is 1800. The number of nitrogens with one attached hydrogen (secondary N) is 5. The van der Waals surface area contributed by atoms with Gasteiger partial charge < -0.3 is 53.2 Å². The van der Waals surface area contributed by atoms with Crippen LogP contribution >= 0.6 is 0 Å². The number of carbonyl (C=O) groups is 6. The van der Waals surface area contributed by atoms with Gasteiger partial charge in [0, 0.05) is 31.1 Å². The molecular weight excluding hydrogens is 761 g/mol. The quantitative estimate of drug-likeness (QED) is 0.0557. The Morgan fingerprint density at radius 2 is 1.59 bits per heavy atom. The van der Waals surface area contributed by atoms with Gasteiger partial charge in [0.25, 0.3) is 0 Å². The van der Waals surface area contributed by atoms with E-state index >= 15 is 0 Å². The lowest BCUT2D eigenvalue weighted by atomic mass is 9.84. The number of benzene rings is 1. The Kier molecular flexibility index (Phi) is 17.1. The zero-order valence-corrected chi connectivity index (χ0v) is 34.6. The second-order valence-corrected chi connectivity index (χ2v) is 16.7. The van der Waals surface area contributed by atoms with Crippen LogP contribution in [0.25, 0.3) is 10.9 Å². The Labute approximate surface area is 345 Å². The number of likely N-dealkylation sites (tertiary alicyclic amines) is 1. The molecule has 2 aromatic rings. The van der Waals surface area contributed by atoms with E-state index in [0.29, 0.717) is 61.7 Å². The van der Waals surface area contributed by atoms with E-state index in [9.17, 15) is 33.9 Å². The second kappa shape index (κ2) is 21.7. The smallest absolute Gasteiger partial charge is 0.419 e. The van der Waals surface area contributed by atoms with Crippen molar-refractivity contribution < 1.29 is 38.6 Å². The molecule has 1 aliphatic carbocycles. The molecule has 1 saturated heterocycles. The van der Waals surface area contributed by atoms with Crippen LogP contribution in [0.5, 0.6) is 0 Å². The minimum Gasteiger partial charge on any atom is -0.480 e. The lowest BCUT2D eigenvalue weighted by molar-refractivity contribution is -0.142. The molecule has 0 unspecified atom stereocenters. The number of carbonyl (C=O) groups excluding carboxylic acids is 5. The molecule has 1 aromatic heterocycles. The number of aliphatic carboxylic acids is 1. The van der Waals surface area contributed by atoms with Gasteiger partial charge in [-0.25, -0.2) is 9.59 Å². The zero-order chi connectivity index (χ0) is 43.3. The molecule has 4 amide bonds. The summed E-state index contributed by atoms with van der Waals surface area (Å²) in [6, 6.07) is 1.59. The summed E-state index contributed by atoms with van der Waals surface area (Å²) in [5.41, 5.74) is 17.4. The summed E-state index contributed by atoms with van der Waals surface area (Å²) in [6.07, 6.45) is 7.93. The predicted molar refractivity (Wildman–Crippen MR) is 222 cm³/mol. The SMILES string of the molecule is CC(C)(C)OC(=O)n1cc(C[C@H](NC(=O)[C@@H](CC2CCCCC2)NC(=O)[C@@H]2CCCN2C(=O)[C@@H](N)CCCN)C(=O)N[C@@H](CCCNC(=N)N)C(=O)O)c2ccccc21. The number of aromatic nitrogens is 1. The monoisotopic (exact) mass is 824 g/mol. The summed E-state index contributed by atoms with van der Waals surface area (Å²) in [5, 5.41) is 29.0. The number of para-hydroxylation sites is 1. The number of guanidine groups is 1. The Morgan fingerprint density at radius 3 is 2.25 bits per heavy atom. The highest BCUT2D eigenvalue weighted by Gasteiger charge is 2.39. The number of hydrogen-bond acceptors (Lipinski definition) is 10. The standard InChI is InChI=1S/C41H64N10O8/c1-41(2,3)59-40(58)51-24-26(27-14-7-8-17-32(27)51)23-31(35(53)47-29(38(56)57)16-10-20-46-39(44)45)48-34(52)30(22-25-12-5-4-6-13-25)49-36(54)33-18-11-21-50(33)37(55)28(43)15-9-19-42/h7-8,14,17,24-25,28-31,33H,4-6,9-13,15-16,18-23,42-43H2,1-3H3,(H,47,53)(H,48,52)(H,49,54)(H,56,57)(H4,44,45,46)/t28-,29-,30+,31-,33-/m0/s1. The molecule has 1 aromatic carbocycles. The number of fused-ring (bicyclic) bond motifs is 1. The highest BCUT2D eigenvalue weighted by molar-refractivity contribution is 5.97. The maximum atomic E-state index is 14.5. The highest BCUT2D eigenvalue weighted by atomic mass is 16.6. The van der Waals surface area contributed by atoms with Gasteiger partial charge in [0.2, 0.25) is 23.6 Å². The average Bonchev–Trinajstić information content (AvgIpc) is 3.82. The van der Waals surface area contributed by atoms with Crippen molar-refractivity contribution in [2.24, 2.45) is 23.1 Å². The molecule has 59 heavy (non-hydrogen) atoms. The van der Waals surface area contributed by atoms with E-state index in [1.54, 1.807) is 51.2 Å². The van der Waals surface area contributed by atoms with Gasteiger partial charge >= 0.3 is 12.1 Å². The first-order valence-electron chi connectivity index (χ1n) is 20.8. The molecule has 326 valence electrons. The number of nitrogens with two attached hydrogens (primary N) is 3. The first kappa shape index (κ1) is 46.5. The van der Waals surface area contributed by atoms with E-state index < -0.39 is 65.6 Å². The molecule has 4 rings (SSSR count). The molecule has 18 heteroatoms. The average molecular weight is 825 g/mol. The van der Waals surface area contributed by atoms with Crippen molar-refractivity contribution in [3.05, 3.63) is 36.0 Å². The molecule has 1 saturated carbocycles. The van der Waals surface area contributed by atoms with Crippen LogP contribution in [-0.2, 0) is 35.1 Å². The predicted octanol–water partition coefficient (Wildman–Crippen LogP) is 1.80. The Hall–Kier alpha value is -5.23. The number of amides is 4. The van der Waals surface area contributed by atoms with E-state index in [1.807, 2.05) is 0 Å². The minimum absolute atomic E-state index is 0.00712. The van der Waals surface area contributed by atoms with E-state index in [1.165, 1.54) is 9.47 Å². The van der Waals surface area contributed by atoms with Crippen molar-refractivity contribution in [2.45, 2.75) is 140 Å². The van der Waals surface area contributed by atoms with Crippen molar-refractivity contribution >= 4 is 52.6 Å². The number of ether oxygens (including phenoxy) is 1. The molecule has 1 aliphatic heterocycles. The van der Waals surface area contributed by atoms with Crippen molar-refractivity contribution in [3.8, 4) is 0 Å². The topological polar surface area (TPSA) is 290 Å². The molecule has 0 radical (unpaired) electrons. The van der Waals surface area contributed by atoms with E-state index in [-0.39, 0.29) is 43.6 Å².